The molecule has 0 saturated carbocycles. The molecule has 2 aromatic rings. The summed E-state index contributed by atoms with van der Waals surface area (Å²) >= 11 is 3.28. The monoisotopic (exact) mass is 225 g/mol. The van der Waals surface area contributed by atoms with Crippen molar-refractivity contribution in [3.8, 4) is 9.88 Å². The van der Waals surface area contributed by atoms with Gasteiger partial charge in [-0.2, -0.15) is 0 Å². The molecule has 4 heteroatoms. The van der Waals surface area contributed by atoms with Crippen LogP contribution in [0.2, 0.25) is 0 Å². The van der Waals surface area contributed by atoms with Crippen molar-refractivity contribution in [2.45, 2.75) is 20.5 Å². The summed E-state index contributed by atoms with van der Waals surface area (Å²) in [7, 11) is 0. The topological polar surface area (TPSA) is 33.1 Å². The second kappa shape index (κ2) is 3.81. The van der Waals surface area contributed by atoms with Crippen molar-refractivity contribution >= 4 is 22.7 Å². The van der Waals surface area contributed by atoms with Crippen LogP contribution in [0.1, 0.15) is 16.1 Å². The first kappa shape index (κ1) is 9.83. The van der Waals surface area contributed by atoms with Crippen LogP contribution >= 0.6 is 22.7 Å². The summed E-state index contributed by atoms with van der Waals surface area (Å²) in [6, 6.07) is 2.09. The van der Waals surface area contributed by atoms with E-state index in [1.165, 1.54) is 10.4 Å². The number of hydrogen-bond acceptors (Lipinski definition) is 4. The second-order valence-electron chi connectivity index (χ2n) is 3.12. The molecule has 0 aliphatic heterocycles. The predicted octanol–water partition coefficient (Wildman–Crippen LogP) is 2.98. The van der Waals surface area contributed by atoms with E-state index in [4.69, 9.17) is 5.11 Å². The van der Waals surface area contributed by atoms with Crippen molar-refractivity contribution in [2.75, 3.05) is 0 Å². The summed E-state index contributed by atoms with van der Waals surface area (Å²) in [6.07, 6.45) is 0. The highest BCUT2D eigenvalue weighted by atomic mass is 32.1. The van der Waals surface area contributed by atoms with Gasteiger partial charge in [0.05, 0.1) is 22.1 Å². The fourth-order valence-corrected chi connectivity index (χ4v) is 3.27. The smallest absolute Gasteiger partial charge is 0.134 e. The summed E-state index contributed by atoms with van der Waals surface area (Å²) in [5.74, 6) is 0. The highest BCUT2D eigenvalue weighted by Crippen LogP contribution is 2.33. The maximum atomic E-state index is 9.07. The summed E-state index contributed by atoms with van der Waals surface area (Å²) in [5.41, 5.74) is 2.20. The van der Waals surface area contributed by atoms with Crippen molar-refractivity contribution in [1.29, 1.82) is 0 Å². The SMILES string of the molecule is Cc1ccsc1-c1nc(C)c(CO)s1. The van der Waals surface area contributed by atoms with Crippen LogP contribution in [0.3, 0.4) is 0 Å². The van der Waals surface area contributed by atoms with Gasteiger partial charge < -0.3 is 5.11 Å². The summed E-state index contributed by atoms with van der Waals surface area (Å²) in [5, 5.41) is 12.2. The largest absolute Gasteiger partial charge is 0.391 e. The lowest BCUT2D eigenvalue weighted by Crippen LogP contribution is -1.80. The maximum Gasteiger partial charge on any atom is 0.134 e. The third-order valence-electron chi connectivity index (χ3n) is 2.09. The molecule has 2 nitrogen and oxygen atoms in total. The first-order chi connectivity index (χ1) is 6.72. The van der Waals surface area contributed by atoms with Gasteiger partial charge in [0.15, 0.2) is 0 Å². The van der Waals surface area contributed by atoms with E-state index in [0.717, 1.165) is 15.6 Å². The average Bonchev–Trinajstić information content (AvgIpc) is 2.71. The van der Waals surface area contributed by atoms with Crippen molar-refractivity contribution in [3.63, 3.8) is 0 Å². The Hall–Kier alpha value is -0.710. The molecule has 0 saturated heterocycles. The maximum absolute atomic E-state index is 9.07. The first-order valence-electron chi connectivity index (χ1n) is 4.34. The Balaban J connectivity index is 2.47. The Labute approximate surface area is 90.9 Å². The van der Waals surface area contributed by atoms with Gasteiger partial charge in [0.2, 0.25) is 0 Å². The van der Waals surface area contributed by atoms with E-state index in [9.17, 15) is 0 Å². The molecule has 0 spiro atoms. The van der Waals surface area contributed by atoms with E-state index >= 15 is 0 Å². The van der Waals surface area contributed by atoms with E-state index < -0.39 is 0 Å². The van der Waals surface area contributed by atoms with Crippen LogP contribution in [0.25, 0.3) is 9.88 Å². The van der Waals surface area contributed by atoms with Gasteiger partial charge in [-0.25, -0.2) is 4.98 Å². The number of aliphatic hydroxyl groups excluding tert-OH is 1. The number of rotatable bonds is 2. The van der Waals surface area contributed by atoms with Crippen LogP contribution in [-0.2, 0) is 6.61 Å². The number of aryl methyl sites for hydroxylation is 2. The lowest BCUT2D eigenvalue weighted by molar-refractivity contribution is 0.284. The molecule has 2 rings (SSSR count). The van der Waals surface area contributed by atoms with E-state index in [1.54, 1.807) is 22.7 Å². The third kappa shape index (κ3) is 1.61. The Morgan fingerprint density at radius 2 is 2.21 bits per heavy atom. The summed E-state index contributed by atoms with van der Waals surface area (Å²) < 4.78 is 0. The molecule has 0 fully saturated rings. The lowest BCUT2D eigenvalue weighted by atomic mass is 10.3. The summed E-state index contributed by atoms with van der Waals surface area (Å²) in [6.45, 7) is 4.11. The predicted molar refractivity (Wildman–Crippen MR) is 60.8 cm³/mol. The number of hydrogen-bond donors (Lipinski definition) is 1. The number of aliphatic hydroxyl groups is 1. The van der Waals surface area contributed by atoms with Gasteiger partial charge in [-0.3, -0.25) is 0 Å². The molecular formula is C10H11NOS2. The minimum absolute atomic E-state index is 0.0912. The number of thiazole rings is 1. The van der Waals surface area contributed by atoms with Gasteiger partial charge in [0, 0.05) is 0 Å². The normalized spacial score (nSPS) is 10.8. The molecule has 2 aromatic heterocycles. The summed E-state index contributed by atoms with van der Waals surface area (Å²) in [4.78, 5) is 6.64. The molecule has 0 radical (unpaired) electrons. The van der Waals surface area contributed by atoms with Crippen molar-refractivity contribution < 1.29 is 5.11 Å². The fourth-order valence-electron chi connectivity index (χ4n) is 1.26. The number of nitrogens with zero attached hydrogens (tertiary/aromatic N) is 1. The van der Waals surface area contributed by atoms with E-state index in [1.807, 2.05) is 6.92 Å². The van der Waals surface area contributed by atoms with Gasteiger partial charge in [0.25, 0.3) is 0 Å². The molecule has 0 bridgehead atoms. The number of thiophene rings is 1. The molecule has 0 amide bonds. The van der Waals surface area contributed by atoms with Gasteiger partial charge >= 0.3 is 0 Å². The minimum Gasteiger partial charge on any atom is -0.391 e. The van der Waals surface area contributed by atoms with Crippen molar-refractivity contribution in [2.24, 2.45) is 0 Å². The molecule has 0 unspecified atom stereocenters. The molecule has 74 valence electrons. The zero-order valence-corrected chi connectivity index (χ0v) is 9.71. The Bertz CT molecular complexity index is 445. The Kier molecular flexibility index (Phi) is 2.67. The van der Waals surface area contributed by atoms with E-state index in [0.29, 0.717) is 0 Å². The average molecular weight is 225 g/mol. The fraction of sp³-hybridized carbons (Fsp3) is 0.300. The molecule has 0 aromatic carbocycles. The quantitative estimate of drug-likeness (QED) is 0.852. The third-order valence-corrected chi connectivity index (χ3v) is 4.40. The molecular weight excluding hydrogens is 214 g/mol. The Morgan fingerprint density at radius 3 is 2.71 bits per heavy atom. The molecule has 2 heterocycles. The second-order valence-corrected chi connectivity index (χ2v) is 5.12. The molecule has 0 atom stereocenters. The van der Waals surface area contributed by atoms with Crippen molar-refractivity contribution in [3.05, 3.63) is 27.6 Å². The van der Waals surface area contributed by atoms with Crippen LogP contribution in [0.5, 0.6) is 0 Å². The van der Waals surface area contributed by atoms with Crippen LogP contribution in [-0.4, -0.2) is 10.1 Å². The zero-order chi connectivity index (χ0) is 10.1. The van der Waals surface area contributed by atoms with Crippen LogP contribution < -0.4 is 0 Å². The lowest BCUT2D eigenvalue weighted by Gasteiger charge is -1.91. The van der Waals surface area contributed by atoms with Crippen LogP contribution in [0.4, 0.5) is 0 Å². The van der Waals surface area contributed by atoms with E-state index in [-0.39, 0.29) is 6.61 Å². The van der Waals surface area contributed by atoms with Gasteiger partial charge in [0.1, 0.15) is 5.01 Å². The molecule has 0 aliphatic rings. The minimum atomic E-state index is 0.0912. The van der Waals surface area contributed by atoms with Crippen LogP contribution in [0, 0.1) is 13.8 Å². The highest BCUT2D eigenvalue weighted by Gasteiger charge is 2.11. The molecule has 14 heavy (non-hydrogen) atoms. The van der Waals surface area contributed by atoms with Crippen LogP contribution in [0.15, 0.2) is 11.4 Å². The van der Waals surface area contributed by atoms with Gasteiger partial charge in [-0.1, -0.05) is 0 Å². The van der Waals surface area contributed by atoms with Gasteiger partial charge in [-0.05, 0) is 30.9 Å². The van der Waals surface area contributed by atoms with Gasteiger partial charge in [-0.15, -0.1) is 22.7 Å². The zero-order valence-electron chi connectivity index (χ0n) is 8.07. The number of aromatic nitrogens is 1. The highest BCUT2D eigenvalue weighted by molar-refractivity contribution is 7.21. The molecule has 0 aliphatic carbocycles. The first-order valence-corrected chi connectivity index (χ1v) is 6.03. The van der Waals surface area contributed by atoms with Crippen molar-refractivity contribution in [1.82, 2.24) is 4.98 Å². The standard InChI is InChI=1S/C10H11NOS2/c1-6-3-4-13-9(6)10-11-7(2)8(5-12)14-10/h3-4,12H,5H2,1-2H3. The molecule has 1 N–H and O–H groups in total. The van der Waals surface area contributed by atoms with E-state index in [2.05, 4.69) is 23.4 Å². The Morgan fingerprint density at radius 1 is 1.43 bits per heavy atom.